The zero-order chi connectivity index (χ0) is 14.7. The number of Topliss-reactive ketones (excluding diaryl/α,β-unsaturated/α-hetero) is 1. The monoisotopic (exact) mass is 279 g/mol. The Morgan fingerprint density at radius 3 is 2.24 bits per heavy atom. The molecule has 1 aliphatic heterocycles. The first kappa shape index (κ1) is 13.9. The summed E-state index contributed by atoms with van der Waals surface area (Å²) in [5, 5.41) is 0. The van der Waals surface area contributed by atoms with E-state index < -0.39 is 0 Å². The van der Waals surface area contributed by atoms with Gasteiger partial charge in [-0.15, -0.1) is 0 Å². The quantitative estimate of drug-likeness (QED) is 0.789. The van der Waals surface area contributed by atoms with Gasteiger partial charge in [0.05, 0.1) is 0 Å². The molecular formula is C19H21NO. The Morgan fingerprint density at radius 1 is 0.952 bits per heavy atom. The zero-order valence-corrected chi connectivity index (χ0v) is 12.5. The Hall–Kier alpha value is -2.09. The van der Waals surface area contributed by atoms with E-state index in [0.29, 0.717) is 5.78 Å². The van der Waals surface area contributed by atoms with Crippen LogP contribution in [0.5, 0.6) is 0 Å². The molecule has 0 aromatic heterocycles. The van der Waals surface area contributed by atoms with E-state index in [9.17, 15) is 4.79 Å². The topological polar surface area (TPSA) is 20.3 Å². The van der Waals surface area contributed by atoms with Crippen molar-refractivity contribution in [3.05, 3.63) is 65.7 Å². The number of benzene rings is 2. The fourth-order valence-corrected chi connectivity index (χ4v) is 3.14. The molecule has 0 amide bonds. The summed E-state index contributed by atoms with van der Waals surface area (Å²) in [7, 11) is 0. The van der Waals surface area contributed by atoms with Gasteiger partial charge in [-0.1, -0.05) is 48.5 Å². The molecule has 0 N–H and O–H groups in total. The lowest BCUT2D eigenvalue weighted by Gasteiger charge is -2.34. The average Bonchev–Trinajstić information content (AvgIpc) is 2.56. The third-order valence-corrected chi connectivity index (χ3v) is 4.38. The molecule has 2 aromatic carbocycles. The molecule has 0 spiro atoms. The number of hydrogen-bond acceptors (Lipinski definition) is 2. The number of piperidine rings is 1. The van der Waals surface area contributed by atoms with Crippen molar-refractivity contribution in [3.8, 4) is 0 Å². The van der Waals surface area contributed by atoms with Gasteiger partial charge in [0, 0.05) is 30.3 Å². The van der Waals surface area contributed by atoms with Crippen molar-refractivity contribution in [1.82, 2.24) is 0 Å². The lowest BCUT2D eigenvalue weighted by atomic mass is 9.88. The number of rotatable bonds is 3. The molecule has 3 rings (SSSR count). The molecule has 2 aromatic rings. The predicted octanol–water partition coefficient (Wildman–Crippen LogP) is 4.09. The summed E-state index contributed by atoms with van der Waals surface area (Å²) >= 11 is 0. The maximum atomic E-state index is 12.5. The molecule has 0 unspecified atom stereocenters. The van der Waals surface area contributed by atoms with Crippen molar-refractivity contribution in [3.63, 3.8) is 0 Å². The van der Waals surface area contributed by atoms with Crippen molar-refractivity contribution in [2.45, 2.75) is 19.8 Å². The molecule has 1 aliphatic rings. The summed E-state index contributed by atoms with van der Waals surface area (Å²) in [6.45, 7) is 4.08. The highest BCUT2D eigenvalue weighted by atomic mass is 16.1. The maximum absolute atomic E-state index is 12.5. The van der Waals surface area contributed by atoms with Crippen molar-refractivity contribution in [2.24, 2.45) is 5.92 Å². The van der Waals surface area contributed by atoms with Gasteiger partial charge in [-0.25, -0.2) is 0 Å². The van der Waals surface area contributed by atoms with E-state index >= 15 is 0 Å². The number of para-hydroxylation sites is 1. The van der Waals surface area contributed by atoms with Crippen LogP contribution < -0.4 is 4.90 Å². The molecule has 1 fully saturated rings. The SMILES string of the molecule is Cc1ccccc1N1CCC(C(=O)c2ccccc2)CC1. The van der Waals surface area contributed by atoms with Gasteiger partial charge >= 0.3 is 0 Å². The molecule has 1 heterocycles. The van der Waals surface area contributed by atoms with Crippen molar-refractivity contribution in [1.29, 1.82) is 0 Å². The summed E-state index contributed by atoms with van der Waals surface area (Å²) in [5.74, 6) is 0.479. The Bertz CT molecular complexity index is 612. The second-order valence-corrected chi connectivity index (χ2v) is 5.78. The highest BCUT2D eigenvalue weighted by Gasteiger charge is 2.26. The summed E-state index contributed by atoms with van der Waals surface area (Å²) in [5.41, 5.74) is 3.47. The third kappa shape index (κ3) is 2.99. The Kier molecular flexibility index (Phi) is 4.05. The van der Waals surface area contributed by atoms with Crippen LogP contribution in [0, 0.1) is 12.8 Å². The van der Waals surface area contributed by atoms with E-state index in [1.165, 1.54) is 11.3 Å². The van der Waals surface area contributed by atoms with Crippen LogP contribution >= 0.6 is 0 Å². The second kappa shape index (κ2) is 6.13. The van der Waals surface area contributed by atoms with Gasteiger partial charge in [0.25, 0.3) is 0 Å². The van der Waals surface area contributed by atoms with Gasteiger partial charge in [0.1, 0.15) is 0 Å². The van der Waals surface area contributed by atoms with Crippen LogP contribution in [0.4, 0.5) is 5.69 Å². The Morgan fingerprint density at radius 2 is 1.57 bits per heavy atom. The fourth-order valence-electron chi connectivity index (χ4n) is 3.14. The van der Waals surface area contributed by atoms with Crippen LogP contribution in [0.25, 0.3) is 0 Å². The molecule has 2 heteroatoms. The standard InChI is InChI=1S/C19H21NO/c1-15-7-5-6-10-18(15)20-13-11-17(12-14-20)19(21)16-8-3-2-4-9-16/h2-10,17H,11-14H2,1H3. The molecule has 0 aliphatic carbocycles. The number of hydrogen-bond donors (Lipinski definition) is 0. The summed E-state index contributed by atoms with van der Waals surface area (Å²) in [6.07, 6.45) is 1.89. The molecule has 0 bridgehead atoms. The maximum Gasteiger partial charge on any atom is 0.166 e. The van der Waals surface area contributed by atoms with Gasteiger partial charge in [0.15, 0.2) is 5.78 Å². The Balaban J connectivity index is 1.66. The molecule has 0 atom stereocenters. The van der Waals surface area contributed by atoms with Crippen LogP contribution in [-0.4, -0.2) is 18.9 Å². The molecular weight excluding hydrogens is 258 g/mol. The first-order valence-corrected chi connectivity index (χ1v) is 7.65. The molecule has 2 nitrogen and oxygen atoms in total. The summed E-state index contributed by atoms with van der Waals surface area (Å²) in [6, 6.07) is 18.2. The zero-order valence-electron chi connectivity index (χ0n) is 12.5. The number of nitrogens with zero attached hydrogens (tertiary/aromatic N) is 1. The molecule has 0 saturated carbocycles. The smallest absolute Gasteiger partial charge is 0.166 e. The van der Waals surface area contributed by atoms with E-state index in [4.69, 9.17) is 0 Å². The van der Waals surface area contributed by atoms with Crippen molar-refractivity contribution >= 4 is 11.5 Å². The minimum atomic E-state index is 0.174. The largest absolute Gasteiger partial charge is 0.371 e. The molecule has 21 heavy (non-hydrogen) atoms. The lowest BCUT2D eigenvalue weighted by Crippen LogP contribution is -2.36. The van der Waals surface area contributed by atoms with Crippen molar-refractivity contribution in [2.75, 3.05) is 18.0 Å². The normalized spacial score (nSPS) is 16.0. The van der Waals surface area contributed by atoms with Crippen LogP contribution in [-0.2, 0) is 0 Å². The van der Waals surface area contributed by atoms with Gasteiger partial charge in [-0.2, -0.15) is 0 Å². The predicted molar refractivity (Wildman–Crippen MR) is 86.9 cm³/mol. The number of anilines is 1. The number of carbonyl (C=O) groups excluding carboxylic acids is 1. The second-order valence-electron chi connectivity index (χ2n) is 5.78. The van der Waals surface area contributed by atoms with Crippen molar-refractivity contribution < 1.29 is 4.79 Å². The summed E-state index contributed by atoms with van der Waals surface area (Å²) < 4.78 is 0. The van der Waals surface area contributed by atoms with Gasteiger partial charge in [-0.3, -0.25) is 4.79 Å². The van der Waals surface area contributed by atoms with Gasteiger partial charge in [-0.05, 0) is 31.4 Å². The first-order valence-electron chi connectivity index (χ1n) is 7.65. The molecule has 108 valence electrons. The molecule has 1 saturated heterocycles. The number of aryl methyl sites for hydroxylation is 1. The number of ketones is 1. The minimum Gasteiger partial charge on any atom is -0.371 e. The highest BCUT2D eigenvalue weighted by molar-refractivity contribution is 5.97. The van der Waals surface area contributed by atoms with E-state index in [0.717, 1.165) is 31.5 Å². The van der Waals surface area contributed by atoms with Crippen LogP contribution in [0.15, 0.2) is 54.6 Å². The van der Waals surface area contributed by atoms with Crippen LogP contribution in [0.1, 0.15) is 28.8 Å². The fraction of sp³-hybridized carbons (Fsp3) is 0.316. The third-order valence-electron chi connectivity index (χ3n) is 4.38. The average molecular weight is 279 g/mol. The molecule has 0 radical (unpaired) electrons. The van der Waals surface area contributed by atoms with E-state index in [1.54, 1.807) is 0 Å². The Labute approximate surface area is 126 Å². The van der Waals surface area contributed by atoms with Gasteiger partial charge < -0.3 is 4.90 Å². The van der Waals surface area contributed by atoms with Crippen LogP contribution in [0.3, 0.4) is 0 Å². The van der Waals surface area contributed by atoms with Crippen LogP contribution in [0.2, 0.25) is 0 Å². The summed E-state index contributed by atoms with van der Waals surface area (Å²) in [4.78, 5) is 14.9. The highest BCUT2D eigenvalue weighted by Crippen LogP contribution is 2.27. The number of carbonyl (C=O) groups is 1. The van der Waals surface area contributed by atoms with E-state index in [1.807, 2.05) is 30.3 Å². The first-order chi connectivity index (χ1) is 10.3. The van der Waals surface area contributed by atoms with E-state index in [2.05, 4.69) is 36.1 Å². The minimum absolute atomic E-state index is 0.174. The lowest BCUT2D eigenvalue weighted by molar-refractivity contribution is 0.0900. The van der Waals surface area contributed by atoms with E-state index in [-0.39, 0.29) is 5.92 Å². The van der Waals surface area contributed by atoms with Gasteiger partial charge in [0.2, 0.25) is 0 Å².